The minimum Gasteiger partial charge on any atom is -0.315 e. The molecule has 0 aromatic rings. The summed E-state index contributed by atoms with van der Waals surface area (Å²) in [5.74, 6) is 0. The van der Waals surface area contributed by atoms with Crippen molar-refractivity contribution in [3.8, 4) is 0 Å². The van der Waals surface area contributed by atoms with Crippen molar-refractivity contribution in [2.75, 3.05) is 20.1 Å². The van der Waals surface area contributed by atoms with Crippen LogP contribution in [0.5, 0.6) is 0 Å². The van der Waals surface area contributed by atoms with E-state index in [0.29, 0.717) is 12.1 Å². The van der Waals surface area contributed by atoms with E-state index in [1.165, 1.54) is 11.1 Å². The molecular formula is C15H18N2. The van der Waals surface area contributed by atoms with E-state index in [-0.39, 0.29) is 0 Å². The van der Waals surface area contributed by atoms with Gasteiger partial charge >= 0.3 is 0 Å². The van der Waals surface area contributed by atoms with Crippen LogP contribution >= 0.6 is 0 Å². The molecule has 1 saturated heterocycles. The molecule has 0 bridgehead atoms. The zero-order valence-electron chi connectivity index (χ0n) is 10.1. The van der Waals surface area contributed by atoms with Crippen molar-refractivity contribution in [2.24, 2.45) is 0 Å². The lowest BCUT2D eigenvalue weighted by Gasteiger charge is -2.44. The van der Waals surface area contributed by atoms with Crippen molar-refractivity contribution in [3.63, 3.8) is 0 Å². The first kappa shape index (κ1) is 10.8. The maximum absolute atomic E-state index is 3.33. The number of likely N-dealkylation sites (N-methyl/N-ethyl adjacent to an activating group) is 1. The van der Waals surface area contributed by atoms with E-state index in [4.69, 9.17) is 0 Å². The summed E-state index contributed by atoms with van der Waals surface area (Å²) in [4.78, 5) is 2.52. The third-order valence-corrected chi connectivity index (χ3v) is 3.71. The molecule has 1 atom stereocenters. The molecule has 0 aromatic carbocycles. The average molecular weight is 226 g/mol. The first-order chi connectivity index (χ1) is 8.38. The molecule has 3 rings (SSSR count). The maximum Gasteiger partial charge on any atom is 0.0541 e. The lowest BCUT2D eigenvalue weighted by molar-refractivity contribution is 0.116. The minimum atomic E-state index is 0.451. The van der Waals surface area contributed by atoms with E-state index in [1.807, 2.05) is 7.05 Å². The molecule has 1 unspecified atom stereocenters. The van der Waals surface area contributed by atoms with Crippen LogP contribution in [0.2, 0.25) is 0 Å². The third kappa shape index (κ3) is 1.94. The molecule has 3 aliphatic rings. The van der Waals surface area contributed by atoms with E-state index >= 15 is 0 Å². The molecule has 0 aromatic heterocycles. The topological polar surface area (TPSA) is 15.3 Å². The van der Waals surface area contributed by atoms with Gasteiger partial charge in [-0.1, -0.05) is 48.6 Å². The zero-order chi connectivity index (χ0) is 11.7. The number of hydrogen-bond donors (Lipinski definition) is 1. The van der Waals surface area contributed by atoms with Crippen LogP contribution in [0.15, 0.2) is 59.8 Å². The molecule has 2 nitrogen and oxygen atoms in total. The first-order valence-corrected chi connectivity index (χ1v) is 6.23. The van der Waals surface area contributed by atoms with E-state index in [1.54, 1.807) is 0 Å². The second-order valence-corrected chi connectivity index (χ2v) is 4.76. The second kappa shape index (κ2) is 4.47. The van der Waals surface area contributed by atoms with E-state index in [2.05, 4.69) is 58.8 Å². The van der Waals surface area contributed by atoms with Gasteiger partial charge in [0.15, 0.2) is 0 Å². The molecule has 0 spiro atoms. The van der Waals surface area contributed by atoms with Gasteiger partial charge in [0.2, 0.25) is 0 Å². The molecule has 0 saturated carbocycles. The summed E-state index contributed by atoms with van der Waals surface area (Å²) in [5.41, 5.74) is 2.77. The minimum absolute atomic E-state index is 0.451. The van der Waals surface area contributed by atoms with Gasteiger partial charge in [-0.05, 0) is 18.2 Å². The number of likely N-dealkylation sites (tertiary alicyclic amines) is 1. The highest BCUT2D eigenvalue weighted by Crippen LogP contribution is 2.29. The van der Waals surface area contributed by atoms with Gasteiger partial charge in [0.1, 0.15) is 0 Å². The fourth-order valence-electron chi connectivity index (χ4n) is 2.61. The lowest BCUT2D eigenvalue weighted by Crippen LogP contribution is -2.60. The normalized spacial score (nSPS) is 28.2. The smallest absolute Gasteiger partial charge is 0.0541 e. The fraction of sp³-hybridized carbons (Fsp3) is 0.333. The van der Waals surface area contributed by atoms with Crippen molar-refractivity contribution in [3.05, 3.63) is 59.8 Å². The van der Waals surface area contributed by atoms with Crippen LogP contribution in [0, 0.1) is 0 Å². The summed E-state index contributed by atoms with van der Waals surface area (Å²) in [7, 11) is 2.04. The zero-order valence-corrected chi connectivity index (χ0v) is 10.1. The quantitative estimate of drug-likeness (QED) is 0.772. The Morgan fingerprint density at radius 3 is 2.82 bits per heavy atom. The first-order valence-electron chi connectivity index (χ1n) is 6.23. The van der Waals surface area contributed by atoms with Gasteiger partial charge in [-0.15, -0.1) is 0 Å². The van der Waals surface area contributed by atoms with Crippen LogP contribution in [0.3, 0.4) is 0 Å². The van der Waals surface area contributed by atoms with Crippen LogP contribution in [-0.4, -0.2) is 37.1 Å². The highest BCUT2D eigenvalue weighted by atomic mass is 15.3. The molecule has 17 heavy (non-hydrogen) atoms. The van der Waals surface area contributed by atoms with Crippen LogP contribution in [0.4, 0.5) is 0 Å². The molecule has 1 heterocycles. The number of allylic oxidation sites excluding steroid dienone is 7. The van der Waals surface area contributed by atoms with E-state index in [0.717, 1.165) is 13.1 Å². The Bertz CT molecular complexity index is 446. The molecule has 0 radical (unpaired) electrons. The number of hydrogen-bond acceptors (Lipinski definition) is 2. The van der Waals surface area contributed by atoms with E-state index in [9.17, 15) is 0 Å². The summed E-state index contributed by atoms with van der Waals surface area (Å²) in [5, 5.41) is 3.33. The average Bonchev–Trinajstić information content (AvgIpc) is 2.53. The largest absolute Gasteiger partial charge is 0.315 e. The highest BCUT2D eigenvalue weighted by Gasteiger charge is 2.33. The van der Waals surface area contributed by atoms with Gasteiger partial charge in [-0.25, -0.2) is 0 Å². The van der Waals surface area contributed by atoms with Gasteiger partial charge < -0.3 is 5.32 Å². The van der Waals surface area contributed by atoms with Crippen LogP contribution in [0.1, 0.15) is 0 Å². The Hall–Kier alpha value is -1.38. The molecule has 1 N–H and O–H groups in total. The lowest BCUT2D eigenvalue weighted by atomic mass is 9.90. The summed E-state index contributed by atoms with van der Waals surface area (Å²) >= 11 is 0. The van der Waals surface area contributed by atoms with Gasteiger partial charge in [0.25, 0.3) is 0 Å². The summed E-state index contributed by atoms with van der Waals surface area (Å²) in [6.45, 7) is 2.28. The highest BCUT2D eigenvalue weighted by molar-refractivity contribution is 5.53. The van der Waals surface area contributed by atoms with Crippen molar-refractivity contribution in [1.29, 1.82) is 0 Å². The number of nitrogens with one attached hydrogen (secondary N) is 1. The van der Waals surface area contributed by atoms with Crippen LogP contribution in [-0.2, 0) is 0 Å². The SMILES string of the molecule is CNC1CN(C2C=CC=C3C=CC=CC=C32)C1. The maximum atomic E-state index is 3.33. The van der Waals surface area contributed by atoms with Gasteiger partial charge in [0, 0.05) is 19.1 Å². The number of rotatable bonds is 2. The molecule has 1 aliphatic heterocycles. The summed E-state index contributed by atoms with van der Waals surface area (Å²) in [6.07, 6.45) is 17.4. The van der Waals surface area contributed by atoms with Crippen molar-refractivity contribution in [2.45, 2.75) is 12.1 Å². The fourth-order valence-corrected chi connectivity index (χ4v) is 2.61. The van der Waals surface area contributed by atoms with Crippen molar-refractivity contribution < 1.29 is 0 Å². The van der Waals surface area contributed by atoms with Gasteiger partial charge in [0.05, 0.1) is 6.04 Å². The van der Waals surface area contributed by atoms with Gasteiger partial charge in [-0.3, -0.25) is 4.90 Å². The Morgan fingerprint density at radius 1 is 1.12 bits per heavy atom. The predicted octanol–water partition coefficient (Wildman–Crippen LogP) is 1.81. The Morgan fingerprint density at radius 2 is 2.00 bits per heavy atom. The Kier molecular flexibility index (Phi) is 2.83. The Balaban J connectivity index is 1.81. The molecule has 88 valence electrons. The summed E-state index contributed by atoms with van der Waals surface area (Å²) < 4.78 is 0. The summed E-state index contributed by atoms with van der Waals surface area (Å²) in [6, 6.07) is 1.11. The number of fused-ring (bicyclic) bond motifs is 1. The second-order valence-electron chi connectivity index (χ2n) is 4.76. The molecule has 2 heteroatoms. The Labute approximate surface area is 103 Å². The predicted molar refractivity (Wildman–Crippen MR) is 71.8 cm³/mol. The third-order valence-electron chi connectivity index (χ3n) is 3.71. The number of nitrogens with zero attached hydrogens (tertiary/aromatic N) is 1. The molecular weight excluding hydrogens is 208 g/mol. The standard InChI is InChI=1S/C15H18N2/c1-16-13-10-17(11-13)15-9-5-7-12-6-3-2-4-8-14(12)15/h2-9,13,15-16H,10-11H2,1H3. The van der Waals surface area contributed by atoms with Gasteiger partial charge in [-0.2, -0.15) is 0 Å². The van der Waals surface area contributed by atoms with Crippen LogP contribution < -0.4 is 5.32 Å². The molecule has 1 fully saturated rings. The van der Waals surface area contributed by atoms with Crippen molar-refractivity contribution in [1.82, 2.24) is 10.2 Å². The molecule has 2 aliphatic carbocycles. The molecule has 0 amide bonds. The van der Waals surface area contributed by atoms with Crippen LogP contribution in [0.25, 0.3) is 0 Å². The van der Waals surface area contributed by atoms with Crippen molar-refractivity contribution >= 4 is 0 Å². The monoisotopic (exact) mass is 226 g/mol. The van der Waals surface area contributed by atoms with E-state index < -0.39 is 0 Å².